The third-order valence-electron chi connectivity index (χ3n) is 3.64. The zero-order chi connectivity index (χ0) is 19.6. The zero-order valence-electron chi connectivity index (χ0n) is 15.6. The molecule has 7 heteroatoms. The number of carbonyl (C=O) groups excluding carboxylic acids is 2. The van der Waals surface area contributed by atoms with Crippen molar-refractivity contribution < 1.29 is 28.5 Å². The number of amides is 1. The van der Waals surface area contributed by atoms with Crippen LogP contribution >= 0.6 is 0 Å². The largest absolute Gasteiger partial charge is 0.497 e. The van der Waals surface area contributed by atoms with Crippen molar-refractivity contribution in [2.45, 2.75) is 13.3 Å². The van der Waals surface area contributed by atoms with Crippen LogP contribution in [0.25, 0.3) is 0 Å². The Hall–Kier alpha value is -3.22. The number of methoxy groups -OCH3 is 2. The first-order valence-electron chi connectivity index (χ1n) is 8.39. The summed E-state index contributed by atoms with van der Waals surface area (Å²) in [6.45, 7) is 1.77. The first-order chi connectivity index (χ1) is 13.0. The molecule has 0 spiro atoms. The van der Waals surface area contributed by atoms with Gasteiger partial charge in [0.05, 0.1) is 32.9 Å². The highest BCUT2D eigenvalue weighted by molar-refractivity contribution is 5.94. The lowest BCUT2D eigenvalue weighted by molar-refractivity contribution is -0.147. The average molecular weight is 373 g/mol. The van der Waals surface area contributed by atoms with Crippen molar-refractivity contribution in [1.82, 2.24) is 0 Å². The lowest BCUT2D eigenvalue weighted by atomic mass is 10.2. The van der Waals surface area contributed by atoms with Crippen molar-refractivity contribution in [1.29, 1.82) is 0 Å². The fourth-order valence-corrected chi connectivity index (χ4v) is 2.19. The Morgan fingerprint density at radius 3 is 2.33 bits per heavy atom. The Balaban J connectivity index is 1.73. The smallest absolute Gasteiger partial charge is 0.309 e. The normalized spacial score (nSPS) is 10.0. The van der Waals surface area contributed by atoms with E-state index in [4.69, 9.17) is 18.9 Å². The summed E-state index contributed by atoms with van der Waals surface area (Å²) in [5.41, 5.74) is 1.59. The molecular weight excluding hydrogens is 350 g/mol. The molecule has 2 aromatic carbocycles. The Kier molecular flexibility index (Phi) is 7.49. The van der Waals surface area contributed by atoms with Gasteiger partial charge in [0.2, 0.25) is 0 Å². The van der Waals surface area contributed by atoms with Gasteiger partial charge in [0.15, 0.2) is 6.61 Å². The van der Waals surface area contributed by atoms with Crippen molar-refractivity contribution in [3.05, 3.63) is 48.0 Å². The second-order valence-corrected chi connectivity index (χ2v) is 5.69. The van der Waals surface area contributed by atoms with Gasteiger partial charge in [0, 0.05) is 6.07 Å². The highest BCUT2D eigenvalue weighted by Crippen LogP contribution is 2.28. The maximum Gasteiger partial charge on any atom is 0.309 e. The average Bonchev–Trinajstić information content (AvgIpc) is 2.68. The molecule has 0 aromatic heterocycles. The van der Waals surface area contributed by atoms with Gasteiger partial charge in [-0.3, -0.25) is 9.59 Å². The van der Waals surface area contributed by atoms with Crippen LogP contribution < -0.4 is 19.5 Å². The van der Waals surface area contributed by atoms with E-state index in [0.717, 1.165) is 5.56 Å². The second kappa shape index (κ2) is 10.1. The molecule has 1 N–H and O–H groups in total. The third kappa shape index (κ3) is 6.54. The molecule has 1 amide bonds. The summed E-state index contributed by atoms with van der Waals surface area (Å²) >= 11 is 0. The number of benzene rings is 2. The lowest BCUT2D eigenvalue weighted by Crippen LogP contribution is -2.22. The Labute approximate surface area is 158 Å². The molecule has 0 aliphatic rings. The summed E-state index contributed by atoms with van der Waals surface area (Å²) in [4.78, 5) is 23.7. The Bertz CT molecular complexity index is 773. The lowest BCUT2D eigenvalue weighted by Gasteiger charge is -2.12. The molecule has 0 saturated heterocycles. The number of hydrogen-bond donors (Lipinski definition) is 1. The maximum absolute atomic E-state index is 12.0. The molecule has 2 aromatic rings. The van der Waals surface area contributed by atoms with Crippen molar-refractivity contribution in [2.24, 2.45) is 0 Å². The molecule has 7 nitrogen and oxygen atoms in total. The molecule has 0 heterocycles. The van der Waals surface area contributed by atoms with Gasteiger partial charge in [0.25, 0.3) is 5.91 Å². The van der Waals surface area contributed by atoms with E-state index in [9.17, 15) is 9.59 Å². The summed E-state index contributed by atoms with van der Waals surface area (Å²) in [5.74, 6) is 0.744. The monoisotopic (exact) mass is 373 g/mol. The minimum absolute atomic E-state index is 0.0486. The van der Waals surface area contributed by atoms with E-state index < -0.39 is 18.5 Å². The summed E-state index contributed by atoms with van der Waals surface area (Å²) in [5, 5.41) is 2.63. The van der Waals surface area contributed by atoms with Crippen LogP contribution in [0, 0.1) is 6.92 Å². The molecule has 0 bridgehead atoms. The van der Waals surface area contributed by atoms with Gasteiger partial charge >= 0.3 is 5.97 Å². The van der Waals surface area contributed by atoms with E-state index in [1.807, 2.05) is 31.2 Å². The summed E-state index contributed by atoms with van der Waals surface area (Å²) in [6, 6.07) is 12.5. The fraction of sp³-hybridized carbons (Fsp3) is 0.300. The zero-order valence-corrected chi connectivity index (χ0v) is 15.6. The van der Waals surface area contributed by atoms with E-state index in [0.29, 0.717) is 22.9 Å². The Morgan fingerprint density at radius 1 is 0.963 bits per heavy atom. The number of rotatable bonds is 9. The summed E-state index contributed by atoms with van der Waals surface area (Å²) < 4.78 is 20.7. The van der Waals surface area contributed by atoms with Crippen LogP contribution in [0.5, 0.6) is 17.2 Å². The molecule has 0 aliphatic heterocycles. The van der Waals surface area contributed by atoms with Crippen molar-refractivity contribution in [3.63, 3.8) is 0 Å². The highest BCUT2D eigenvalue weighted by atomic mass is 16.5. The highest BCUT2D eigenvalue weighted by Gasteiger charge is 2.11. The van der Waals surface area contributed by atoms with Crippen LogP contribution in [0.15, 0.2) is 42.5 Å². The van der Waals surface area contributed by atoms with Gasteiger partial charge in [-0.25, -0.2) is 0 Å². The van der Waals surface area contributed by atoms with Crippen LogP contribution in [0.4, 0.5) is 5.69 Å². The Morgan fingerprint density at radius 2 is 1.67 bits per heavy atom. The topological polar surface area (TPSA) is 83.1 Å². The van der Waals surface area contributed by atoms with Crippen LogP contribution in [-0.2, 0) is 14.3 Å². The number of carbonyl (C=O) groups is 2. The van der Waals surface area contributed by atoms with Gasteiger partial charge in [-0.1, -0.05) is 17.7 Å². The summed E-state index contributed by atoms with van der Waals surface area (Å²) in [7, 11) is 3.02. The second-order valence-electron chi connectivity index (χ2n) is 5.69. The molecule has 0 saturated carbocycles. The van der Waals surface area contributed by atoms with E-state index in [1.54, 1.807) is 18.2 Å². The van der Waals surface area contributed by atoms with Crippen LogP contribution in [0.3, 0.4) is 0 Å². The van der Waals surface area contributed by atoms with Gasteiger partial charge in [-0.2, -0.15) is 0 Å². The van der Waals surface area contributed by atoms with E-state index in [-0.39, 0.29) is 13.0 Å². The van der Waals surface area contributed by atoms with E-state index >= 15 is 0 Å². The van der Waals surface area contributed by atoms with Crippen LogP contribution in [0.2, 0.25) is 0 Å². The van der Waals surface area contributed by atoms with Crippen LogP contribution in [0.1, 0.15) is 12.0 Å². The van der Waals surface area contributed by atoms with Gasteiger partial charge in [-0.15, -0.1) is 0 Å². The predicted octanol–water partition coefficient (Wildman–Crippen LogP) is 2.96. The standard InChI is InChI=1S/C20H23NO6/c1-14-4-6-15(7-5-14)26-11-10-20(23)27-13-19(22)21-17-9-8-16(24-2)12-18(17)25-3/h4-9,12H,10-11,13H2,1-3H3,(H,21,22). The molecule has 0 unspecified atom stereocenters. The van der Waals surface area contributed by atoms with Gasteiger partial charge in [-0.05, 0) is 31.2 Å². The van der Waals surface area contributed by atoms with Crippen molar-refractivity contribution in [3.8, 4) is 17.2 Å². The number of esters is 1. The minimum Gasteiger partial charge on any atom is -0.497 e. The molecule has 144 valence electrons. The molecule has 2 rings (SSSR count). The van der Waals surface area contributed by atoms with Crippen molar-refractivity contribution >= 4 is 17.6 Å². The molecule has 0 fully saturated rings. The molecule has 0 aliphatic carbocycles. The fourth-order valence-electron chi connectivity index (χ4n) is 2.19. The molecule has 0 atom stereocenters. The van der Waals surface area contributed by atoms with Gasteiger partial charge in [0.1, 0.15) is 17.2 Å². The number of anilines is 1. The summed E-state index contributed by atoms with van der Waals surface area (Å²) in [6.07, 6.45) is 0.0486. The molecular formula is C20H23NO6. The minimum atomic E-state index is -0.515. The number of hydrogen-bond acceptors (Lipinski definition) is 6. The first kappa shape index (κ1) is 20.1. The van der Waals surface area contributed by atoms with Crippen LogP contribution in [-0.4, -0.2) is 39.3 Å². The molecule has 27 heavy (non-hydrogen) atoms. The van der Waals surface area contributed by atoms with Gasteiger partial charge < -0.3 is 24.3 Å². The quantitative estimate of drug-likeness (QED) is 0.681. The first-order valence-corrected chi connectivity index (χ1v) is 8.39. The van der Waals surface area contributed by atoms with E-state index in [1.165, 1.54) is 14.2 Å². The number of ether oxygens (including phenoxy) is 4. The molecule has 0 radical (unpaired) electrons. The number of nitrogens with one attached hydrogen (secondary N) is 1. The third-order valence-corrected chi connectivity index (χ3v) is 3.64. The van der Waals surface area contributed by atoms with Crippen molar-refractivity contribution in [2.75, 3.05) is 32.8 Å². The van der Waals surface area contributed by atoms with E-state index in [2.05, 4.69) is 5.32 Å². The predicted molar refractivity (Wildman–Crippen MR) is 100 cm³/mol. The maximum atomic E-state index is 12.0. The number of aryl methyl sites for hydroxylation is 1. The SMILES string of the molecule is COc1ccc(NC(=O)COC(=O)CCOc2ccc(C)cc2)c(OC)c1.